The molecule has 0 saturated carbocycles. The lowest BCUT2D eigenvalue weighted by atomic mass is 9.67. The van der Waals surface area contributed by atoms with E-state index in [1.807, 2.05) is 12.1 Å². The fourth-order valence-corrected chi connectivity index (χ4v) is 7.06. The summed E-state index contributed by atoms with van der Waals surface area (Å²) in [4.78, 5) is 40.2. The van der Waals surface area contributed by atoms with Gasteiger partial charge in [-0.2, -0.15) is 18.4 Å². The smallest absolute Gasteiger partial charge is 0.367 e. The standard InChI is InChI=1S/C27H24F3N3O4S/c1-15(34)32-17-4-7-19(8-5-17)38-12-11-26-10-9-25(2,37-26)21-22(26)24(36)33(23(21)35)18-6-3-16(14-31)20(13-18)27(28,29)30/h3-8,13,21-22H,9-12H2,1-2H3,(H,32,34)/t21-,22+,25?,26?/m0/s1. The molecule has 3 amide bonds. The first-order valence-electron chi connectivity index (χ1n) is 12.1. The van der Waals surface area contributed by atoms with Gasteiger partial charge in [-0.05, 0) is 68.7 Å². The van der Waals surface area contributed by atoms with E-state index in [-0.39, 0.29) is 11.6 Å². The third-order valence-corrected chi connectivity index (χ3v) is 8.68. The molecule has 3 heterocycles. The predicted molar refractivity (Wildman–Crippen MR) is 133 cm³/mol. The van der Waals surface area contributed by atoms with Gasteiger partial charge in [-0.15, -0.1) is 11.8 Å². The molecule has 1 N–H and O–H groups in total. The number of nitriles is 1. The minimum Gasteiger partial charge on any atom is -0.367 e. The van der Waals surface area contributed by atoms with Gasteiger partial charge >= 0.3 is 6.18 Å². The van der Waals surface area contributed by atoms with Crippen LogP contribution in [-0.2, 0) is 25.3 Å². The zero-order valence-electron chi connectivity index (χ0n) is 20.6. The summed E-state index contributed by atoms with van der Waals surface area (Å²) in [5.41, 5.74) is -3.03. The van der Waals surface area contributed by atoms with Crippen molar-refractivity contribution in [3.63, 3.8) is 0 Å². The van der Waals surface area contributed by atoms with Gasteiger partial charge in [-0.1, -0.05) is 0 Å². The number of ether oxygens (including phenoxy) is 1. The highest BCUT2D eigenvalue weighted by molar-refractivity contribution is 7.99. The van der Waals surface area contributed by atoms with E-state index in [1.54, 1.807) is 30.8 Å². The van der Waals surface area contributed by atoms with Gasteiger partial charge in [0.25, 0.3) is 0 Å². The lowest BCUT2D eigenvalue weighted by Crippen LogP contribution is -2.42. The number of nitrogens with zero attached hydrogens (tertiary/aromatic N) is 2. The van der Waals surface area contributed by atoms with Crippen molar-refractivity contribution in [1.29, 1.82) is 5.26 Å². The lowest BCUT2D eigenvalue weighted by Gasteiger charge is -2.31. The number of nitrogens with one attached hydrogen (secondary N) is 1. The topological polar surface area (TPSA) is 99.5 Å². The minimum absolute atomic E-state index is 0.165. The van der Waals surface area contributed by atoms with Crippen LogP contribution in [0.1, 0.15) is 44.2 Å². The molecular formula is C27H24F3N3O4S. The highest BCUT2D eigenvalue weighted by Crippen LogP contribution is 2.62. The van der Waals surface area contributed by atoms with Crippen LogP contribution in [0.25, 0.3) is 0 Å². The van der Waals surface area contributed by atoms with Crippen molar-refractivity contribution in [3.8, 4) is 6.07 Å². The molecule has 38 heavy (non-hydrogen) atoms. The third kappa shape index (κ3) is 4.25. The summed E-state index contributed by atoms with van der Waals surface area (Å²) in [6, 6.07) is 11.8. The Morgan fingerprint density at radius 1 is 1.16 bits per heavy atom. The van der Waals surface area contributed by atoms with Crippen molar-refractivity contribution in [2.24, 2.45) is 11.8 Å². The number of rotatable bonds is 6. The summed E-state index contributed by atoms with van der Waals surface area (Å²) in [5, 5.41) is 11.8. The maximum absolute atomic E-state index is 13.6. The van der Waals surface area contributed by atoms with Crippen molar-refractivity contribution in [3.05, 3.63) is 53.6 Å². The molecule has 2 aromatic carbocycles. The van der Waals surface area contributed by atoms with E-state index in [0.29, 0.717) is 36.8 Å². The summed E-state index contributed by atoms with van der Waals surface area (Å²) in [5.74, 6) is -2.27. The van der Waals surface area contributed by atoms with E-state index in [1.165, 1.54) is 19.1 Å². The van der Waals surface area contributed by atoms with Crippen molar-refractivity contribution in [2.75, 3.05) is 16.0 Å². The first-order chi connectivity index (χ1) is 17.9. The second-order valence-corrected chi connectivity index (χ2v) is 11.3. The number of amides is 3. The number of carbonyl (C=O) groups excluding carboxylic acids is 3. The van der Waals surface area contributed by atoms with Gasteiger partial charge in [0, 0.05) is 23.3 Å². The van der Waals surface area contributed by atoms with Crippen LogP contribution in [0.3, 0.4) is 0 Å². The molecule has 0 spiro atoms. The molecule has 2 aromatic rings. The predicted octanol–water partition coefficient (Wildman–Crippen LogP) is 5.14. The highest BCUT2D eigenvalue weighted by Gasteiger charge is 2.73. The molecule has 11 heteroatoms. The highest BCUT2D eigenvalue weighted by atomic mass is 32.2. The summed E-state index contributed by atoms with van der Waals surface area (Å²) in [6.07, 6.45) is -3.19. The molecule has 2 unspecified atom stereocenters. The monoisotopic (exact) mass is 543 g/mol. The first kappa shape index (κ1) is 26.3. The molecule has 3 fully saturated rings. The molecule has 198 valence electrons. The average molecular weight is 544 g/mol. The number of carbonyl (C=O) groups is 3. The van der Waals surface area contributed by atoms with E-state index < -0.39 is 52.2 Å². The SMILES string of the molecule is CC(=O)Nc1ccc(SCCC23CCC(C)(O2)[C@@H]2C(=O)N(c4ccc(C#N)c(C(F)(F)F)c4)C(=O)[C@@H]23)cc1. The van der Waals surface area contributed by atoms with E-state index in [0.717, 1.165) is 15.9 Å². The number of thioether (sulfide) groups is 1. The second kappa shape index (κ2) is 9.13. The molecule has 0 aliphatic carbocycles. The Morgan fingerprint density at radius 3 is 2.47 bits per heavy atom. The largest absolute Gasteiger partial charge is 0.417 e. The number of halogens is 3. The summed E-state index contributed by atoms with van der Waals surface area (Å²) in [7, 11) is 0. The molecular weight excluding hydrogens is 519 g/mol. The zero-order valence-corrected chi connectivity index (χ0v) is 21.4. The maximum Gasteiger partial charge on any atom is 0.417 e. The number of alkyl halides is 3. The number of hydrogen-bond donors (Lipinski definition) is 1. The Balaban J connectivity index is 1.37. The van der Waals surface area contributed by atoms with Crippen molar-refractivity contribution in [2.45, 2.75) is 55.4 Å². The molecule has 3 aliphatic heterocycles. The first-order valence-corrected chi connectivity index (χ1v) is 13.1. The third-order valence-electron chi connectivity index (χ3n) is 7.67. The molecule has 4 atom stereocenters. The van der Waals surface area contributed by atoms with Crippen LogP contribution in [0.15, 0.2) is 47.4 Å². The van der Waals surface area contributed by atoms with E-state index >= 15 is 0 Å². The van der Waals surface area contributed by atoms with Crippen molar-refractivity contribution >= 4 is 40.9 Å². The van der Waals surface area contributed by atoms with Gasteiger partial charge in [0.1, 0.15) is 0 Å². The maximum atomic E-state index is 13.6. The number of anilines is 2. The Morgan fingerprint density at radius 2 is 1.84 bits per heavy atom. The van der Waals surface area contributed by atoms with Gasteiger partial charge < -0.3 is 10.1 Å². The van der Waals surface area contributed by atoms with Gasteiger partial charge in [0.2, 0.25) is 17.7 Å². The summed E-state index contributed by atoms with van der Waals surface area (Å²) >= 11 is 1.55. The van der Waals surface area contributed by atoms with Crippen molar-refractivity contribution in [1.82, 2.24) is 0 Å². The Hall–Kier alpha value is -3.36. The number of fused-ring (bicyclic) bond motifs is 5. The van der Waals surface area contributed by atoms with Crippen molar-refractivity contribution < 1.29 is 32.3 Å². The van der Waals surface area contributed by atoms with Crippen LogP contribution < -0.4 is 10.2 Å². The zero-order chi connectivity index (χ0) is 27.5. The number of imide groups is 1. The summed E-state index contributed by atoms with van der Waals surface area (Å²) < 4.78 is 47.1. The van der Waals surface area contributed by atoms with Gasteiger partial charge in [0.15, 0.2) is 0 Å². The lowest BCUT2D eigenvalue weighted by molar-refractivity contribution is -0.138. The Bertz CT molecular complexity index is 1370. The number of hydrogen-bond acceptors (Lipinski definition) is 6. The quantitative estimate of drug-likeness (QED) is 0.400. The molecule has 0 radical (unpaired) electrons. The van der Waals surface area contributed by atoms with Gasteiger partial charge in [-0.25, -0.2) is 4.90 Å². The Kier molecular flexibility index (Phi) is 6.31. The van der Waals surface area contributed by atoms with Gasteiger partial charge in [0.05, 0.1) is 45.9 Å². The second-order valence-electron chi connectivity index (χ2n) is 10.1. The van der Waals surface area contributed by atoms with Gasteiger partial charge in [-0.3, -0.25) is 14.4 Å². The van der Waals surface area contributed by atoms with E-state index in [4.69, 9.17) is 10.00 Å². The van der Waals surface area contributed by atoms with Crippen LogP contribution in [-0.4, -0.2) is 34.7 Å². The van der Waals surface area contributed by atoms with Crippen LogP contribution in [0.5, 0.6) is 0 Å². The summed E-state index contributed by atoms with van der Waals surface area (Å²) in [6.45, 7) is 3.22. The average Bonchev–Trinajstić information content (AvgIpc) is 3.43. The van der Waals surface area contributed by atoms with E-state index in [9.17, 15) is 27.6 Å². The number of benzene rings is 2. The molecule has 7 nitrogen and oxygen atoms in total. The van der Waals surface area contributed by atoms with Crippen LogP contribution in [0.4, 0.5) is 24.5 Å². The fraction of sp³-hybridized carbons (Fsp3) is 0.407. The normalized spacial score (nSPS) is 27.9. The minimum atomic E-state index is -4.81. The molecule has 3 saturated heterocycles. The van der Waals surface area contributed by atoms with Crippen LogP contribution in [0.2, 0.25) is 0 Å². The molecule has 3 aliphatic rings. The van der Waals surface area contributed by atoms with Crippen LogP contribution in [0, 0.1) is 23.2 Å². The van der Waals surface area contributed by atoms with E-state index in [2.05, 4.69) is 5.32 Å². The Labute approximate surface area is 221 Å². The molecule has 5 rings (SSSR count). The molecule has 0 aromatic heterocycles. The van der Waals surface area contributed by atoms with Crippen LogP contribution >= 0.6 is 11.8 Å². The molecule has 2 bridgehead atoms. The fourth-order valence-electron chi connectivity index (χ4n) is 6.05.